The molecular weight excluding hydrogens is 502 g/mol. The lowest BCUT2D eigenvalue weighted by Crippen LogP contribution is -2.38. The van der Waals surface area contributed by atoms with Crippen LogP contribution in [0.3, 0.4) is 0 Å². The van der Waals surface area contributed by atoms with Crippen LogP contribution < -0.4 is 24.2 Å². The van der Waals surface area contributed by atoms with Crippen molar-refractivity contribution >= 4 is 27.6 Å². The van der Waals surface area contributed by atoms with E-state index in [1.807, 2.05) is 6.92 Å². The van der Waals surface area contributed by atoms with Crippen LogP contribution in [-0.4, -0.2) is 70.1 Å². The Morgan fingerprint density at radius 1 is 1.16 bits per heavy atom. The highest BCUT2D eigenvalue weighted by Crippen LogP contribution is 2.49. The van der Waals surface area contributed by atoms with Crippen molar-refractivity contribution in [1.82, 2.24) is 10.2 Å². The number of hydrogen-bond acceptors (Lipinski definition) is 8. The number of anilines is 1. The summed E-state index contributed by atoms with van der Waals surface area (Å²) >= 11 is 0. The summed E-state index contributed by atoms with van der Waals surface area (Å²) in [5.74, 6) is -1.30. The van der Waals surface area contributed by atoms with E-state index in [9.17, 15) is 23.1 Å². The van der Waals surface area contributed by atoms with Gasteiger partial charge in [0.15, 0.2) is 11.5 Å². The molecule has 2 aromatic carbocycles. The van der Waals surface area contributed by atoms with E-state index in [4.69, 9.17) is 14.2 Å². The van der Waals surface area contributed by atoms with Gasteiger partial charge in [-0.05, 0) is 35.7 Å². The maximum Gasteiger partial charge on any atom is 0.309 e. The molecule has 2 heterocycles. The number of ether oxygens (including phenoxy) is 3. The van der Waals surface area contributed by atoms with E-state index >= 15 is 0 Å². The summed E-state index contributed by atoms with van der Waals surface area (Å²) in [6.45, 7) is 2.72. The largest absolute Gasteiger partial charge is 0.497 e. The lowest BCUT2D eigenvalue weighted by atomic mass is 9.82. The summed E-state index contributed by atoms with van der Waals surface area (Å²) in [6.07, 6.45) is 1.78. The van der Waals surface area contributed by atoms with Crippen molar-refractivity contribution in [3.05, 3.63) is 47.5 Å². The quantitative estimate of drug-likeness (QED) is 0.419. The zero-order valence-corrected chi connectivity index (χ0v) is 21.7. The molecule has 12 heteroatoms. The first-order valence-corrected chi connectivity index (χ1v) is 13.8. The molecule has 11 nitrogen and oxygen atoms in total. The molecule has 1 amide bonds. The minimum atomic E-state index is -3.70. The van der Waals surface area contributed by atoms with E-state index in [1.54, 1.807) is 35.2 Å². The number of hydrogen-bond donors (Lipinski definition) is 3. The molecule has 2 aliphatic heterocycles. The van der Waals surface area contributed by atoms with Gasteiger partial charge in [0.05, 0.1) is 37.6 Å². The van der Waals surface area contributed by atoms with Crippen LogP contribution in [0.15, 0.2) is 36.4 Å². The number of likely N-dealkylation sites (tertiary alicyclic amines) is 1. The van der Waals surface area contributed by atoms with Crippen molar-refractivity contribution < 1.29 is 37.3 Å². The lowest BCUT2D eigenvalue weighted by molar-refractivity contribution is -0.143. The van der Waals surface area contributed by atoms with Gasteiger partial charge in [0.2, 0.25) is 22.7 Å². The highest BCUT2D eigenvalue weighted by molar-refractivity contribution is 7.92. The Kier molecular flexibility index (Phi) is 7.79. The molecule has 2 aromatic rings. The van der Waals surface area contributed by atoms with E-state index in [0.29, 0.717) is 29.4 Å². The molecule has 1 saturated heterocycles. The van der Waals surface area contributed by atoms with Crippen LogP contribution in [0.1, 0.15) is 36.4 Å². The molecule has 3 N–H and O–H groups in total. The number of carboxylic acid groups (broad SMARTS) is 1. The molecule has 0 aromatic heterocycles. The van der Waals surface area contributed by atoms with Crippen molar-refractivity contribution in [2.24, 2.45) is 5.92 Å². The normalized spacial score (nSPS) is 21.0. The fourth-order valence-electron chi connectivity index (χ4n) is 4.96. The average Bonchev–Trinajstić information content (AvgIpc) is 3.46. The van der Waals surface area contributed by atoms with Crippen LogP contribution in [0.25, 0.3) is 0 Å². The summed E-state index contributed by atoms with van der Waals surface area (Å²) < 4.78 is 43.0. The number of aliphatic carboxylic acids is 1. The first-order chi connectivity index (χ1) is 17.6. The van der Waals surface area contributed by atoms with Gasteiger partial charge in [-0.2, -0.15) is 0 Å². The Morgan fingerprint density at radius 3 is 2.59 bits per heavy atom. The molecule has 1 fully saturated rings. The summed E-state index contributed by atoms with van der Waals surface area (Å²) in [6, 6.07) is 9.30. The summed E-state index contributed by atoms with van der Waals surface area (Å²) in [5, 5.41) is 13.3. The molecule has 4 rings (SSSR count). The number of carbonyl (C=O) groups excluding carboxylic acids is 1. The molecular formula is C25H31N3O8S. The fourth-order valence-corrected chi connectivity index (χ4v) is 5.53. The molecule has 37 heavy (non-hydrogen) atoms. The van der Waals surface area contributed by atoms with Crippen molar-refractivity contribution in [1.29, 1.82) is 0 Å². The zero-order valence-electron chi connectivity index (χ0n) is 20.9. The summed E-state index contributed by atoms with van der Waals surface area (Å²) in [5.41, 5.74) is 1.36. The minimum Gasteiger partial charge on any atom is -0.497 e. The smallest absolute Gasteiger partial charge is 0.309 e. The maximum absolute atomic E-state index is 12.8. The van der Waals surface area contributed by atoms with Gasteiger partial charge in [-0.15, -0.1) is 0 Å². The van der Waals surface area contributed by atoms with E-state index in [2.05, 4.69) is 10.0 Å². The summed E-state index contributed by atoms with van der Waals surface area (Å²) in [7, 11) is -2.24. The third kappa shape index (κ3) is 5.91. The number of carboxylic acids is 1. The number of methoxy groups -OCH3 is 1. The highest BCUT2D eigenvalue weighted by atomic mass is 32.2. The molecule has 2 aliphatic rings. The van der Waals surface area contributed by atoms with Gasteiger partial charge in [0.1, 0.15) is 5.75 Å². The minimum absolute atomic E-state index is 0.0557. The summed E-state index contributed by atoms with van der Waals surface area (Å²) in [4.78, 5) is 27.3. The van der Waals surface area contributed by atoms with Crippen LogP contribution in [0.5, 0.6) is 17.2 Å². The van der Waals surface area contributed by atoms with Crippen LogP contribution in [-0.2, 0) is 19.6 Å². The van der Waals surface area contributed by atoms with Crippen LogP contribution in [0.4, 0.5) is 5.69 Å². The van der Waals surface area contributed by atoms with Crippen molar-refractivity contribution in [2.75, 3.05) is 44.5 Å². The second kappa shape index (κ2) is 10.9. The van der Waals surface area contributed by atoms with Crippen molar-refractivity contribution in [3.8, 4) is 17.2 Å². The van der Waals surface area contributed by atoms with E-state index in [0.717, 1.165) is 18.2 Å². The number of amides is 1. The Hall–Kier alpha value is -3.51. The van der Waals surface area contributed by atoms with Gasteiger partial charge in [-0.1, -0.05) is 19.1 Å². The third-order valence-electron chi connectivity index (χ3n) is 6.50. The Morgan fingerprint density at radius 2 is 1.92 bits per heavy atom. The van der Waals surface area contributed by atoms with Gasteiger partial charge >= 0.3 is 5.97 Å². The Bertz CT molecular complexity index is 1280. The van der Waals surface area contributed by atoms with Gasteiger partial charge in [0.25, 0.3) is 0 Å². The number of nitrogens with one attached hydrogen (secondary N) is 2. The molecule has 3 atom stereocenters. The van der Waals surface area contributed by atoms with Crippen LogP contribution in [0.2, 0.25) is 0 Å². The number of sulfonamides is 1. The van der Waals surface area contributed by atoms with Crippen molar-refractivity contribution in [3.63, 3.8) is 0 Å². The fraction of sp³-hybridized carbons (Fsp3) is 0.440. The lowest BCUT2D eigenvalue weighted by Gasteiger charge is -2.29. The number of carbonyl (C=O) groups is 2. The number of benzene rings is 2. The van der Waals surface area contributed by atoms with Gasteiger partial charge in [0, 0.05) is 25.1 Å². The topological polar surface area (TPSA) is 144 Å². The Labute approximate surface area is 215 Å². The van der Waals surface area contributed by atoms with Crippen LogP contribution >= 0.6 is 0 Å². The molecule has 0 radical (unpaired) electrons. The third-order valence-corrected chi connectivity index (χ3v) is 7.09. The monoisotopic (exact) mass is 533 g/mol. The zero-order chi connectivity index (χ0) is 26.7. The van der Waals surface area contributed by atoms with E-state index in [-0.39, 0.29) is 31.5 Å². The average molecular weight is 534 g/mol. The van der Waals surface area contributed by atoms with Crippen LogP contribution in [0, 0.1) is 5.92 Å². The Balaban J connectivity index is 1.81. The van der Waals surface area contributed by atoms with Gasteiger partial charge in [-0.25, -0.2) is 8.42 Å². The first-order valence-electron chi connectivity index (χ1n) is 11.9. The van der Waals surface area contributed by atoms with Gasteiger partial charge in [-0.3, -0.25) is 19.2 Å². The second-order valence-corrected chi connectivity index (χ2v) is 10.9. The molecule has 0 bridgehead atoms. The number of nitrogens with zero attached hydrogens (tertiary/aromatic N) is 1. The number of rotatable bonds is 10. The molecule has 1 unspecified atom stereocenters. The molecule has 200 valence electrons. The van der Waals surface area contributed by atoms with E-state index < -0.39 is 33.9 Å². The molecule has 0 aliphatic carbocycles. The predicted octanol–water partition coefficient (Wildman–Crippen LogP) is 2.16. The molecule has 0 saturated carbocycles. The van der Waals surface area contributed by atoms with Gasteiger partial charge < -0.3 is 24.6 Å². The van der Waals surface area contributed by atoms with E-state index in [1.165, 1.54) is 13.2 Å². The maximum atomic E-state index is 12.8. The highest BCUT2D eigenvalue weighted by Gasteiger charge is 2.49. The SMILES string of the molecule is CCCNC(=O)CN1CC(c2ccc3c(c2)OCO3)[C@H](C(=O)O)[C@H]1c1ccc(OC)cc1NS(C)(=O)=O. The predicted molar refractivity (Wildman–Crippen MR) is 136 cm³/mol. The van der Waals surface area contributed by atoms with Crippen molar-refractivity contribution in [2.45, 2.75) is 25.3 Å². The molecule has 0 spiro atoms. The first kappa shape index (κ1) is 26.6. The number of fused-ring (bicyclic) bond motifs is 1. The standard InChI is InChI=1S/C25H31N3O8S/c1-4-9-26-22(29)13-28-12-18(15-5-8-20-21(10-15)36-14-35-20)23(25(30)31)24(28)17-7-6-16(34-2)11-19(17)27-37(3,32)33/h5-8,10-11,18,23-24,27H,4,9,12-14H2,1-3H3,(H,26,29)(H,30,31)/t18?,23-,24+/m0/s1. The second-order valence-electron chi connectivity index (χ2n) is 9.13.